The zero-order chi connectivity index (χ0) is 32.2. The smallest absolute Gasteiger partial charge is 0.407 e. The van der Waals surface area contributed by atoms with Crippen molar-refractivity contribution in [3.05, 3.63) is 95.6 Å². The van der Waals surface area contributed by atoms with E-state index in [1.807, 2.05) is 75.4 Å². The van der Waals surface area contributed by atoms with Crippen molar-refractivity contribution < 1.29 is 28.6 Å². The first-order chi connectivity index (χ1) is 21.6. The van der Waals surface area contributed by atoms with E-state index < -0.39 is 23.8 Å². The van der Waals surface area contributed by atoms with E-state index in [-0.39, 0.29) is 24.5 Å². The van der Waals surface area contributed by atoms with Crippen LogP contribution in [-0.2, 0) is 25.4 Å². The van der Waals surface area contributed by atoms with Crippen molar-refractivity contribution in [3.8, 4) is 11.1 Å². The van der Waals surface area contributed by atoms with E-state index in [2.05, 4.69) is 40.2 Å². The fourth-order valence-corrected chi connectivity index (χ4v) is 5.57. The fourth-order valence-electron chi connectivity index (χ4n) is 5.57. The number of fused-ring (bicyclic) bond motifs is 3. The van der Waals surface area contributed by atoms with Gasteiger partial charge in [0.15, 0.2) is 0 Å². The molecule has 4 rings (SSSR count). The Labute approximate surface area is 266 Å². The summed E-state index contributed by atoms with van der Waals surface area (Å²) in [5.74, 6) is -0.423. The van der Waals surface area contributed by atoms with Crippen LogP contribution in [0.15, 0.2) is 78.9 Å². The Bertz CT molecular complexity index is 1380. The predicted octanol–water partition coefficient (Wildman–Crippen LogP) is 5.96. The number of ether oxygens (including phenoxy) is 3. The van der Waals surface area contributed by atoms with Gasteiger partial charge in [-0.05, 0) is 74.3 Å². The molecule has 2 atom stereocenters. The molecule has 0 fully saturated rings. The first kappa shape index (κ1) is 33.5. The summed E-state index contributed by atoms with van der Waals surface area (Å²) in [6, 6.07) is 25.2. The monoisotopic (exact) mass is 615 g/mol. The van der Waals surface area contributed by atoms with Crippen LogP contribution >= 0.6 is 0 Å². The lowest BCUT2D eigenvalue weighted by Gasteiger charge is -2.23. The Balaban J connectivity index is 1.36. The van der Waals surface area contributed by atoms with Crippen LogP contribution in [-0.4, -0.2) is 62.6 Å². The lowest BCUT2D eigenvalue weighted by Crippen LogP contribution is -2.48. The number of esters is 1. The molecule has 0 radical (unpaired) electrons. The SMILES string of the molecule is COC(=O)[C@H](Cc1ccccc1)NC[C@H](CCCCNC(=O)OC(C)(C)C)NC(=O)OCC1c2ccccc2-c2ccccc21. The summed E-state index contributed by atoms with van der Waals surface area (Å²) in [4.78, 5) is 37.8. The number of benzene rings is 3. The number of methoxy groups -OCH3 is 1. The van der Waals surface area contributed by atoms with E-state index in [9.17, 15) is 14.4 Å². The molecule has 2 amide bonds. The van der Waals surface area contributed by atoms with E-state index in [0.29, 0.717) is 38.8 Å². The molecule has 0 aliphatic heterocycles. The van der Waals surface area contributed by atoms with Gasteiger partial charge >= 0.3 is 18.2 Å². The van der Waals surface area contributed by atoms with Gasteiger partial charge in [0.05, 0.1) is 7.11 Å². The van der Waals surface area contributed by atoms with Crippen LogP contribution in [0.4, 0.5) is 9.59 Å². The molecule has 9 heteroatoms. The molecule has 45 heavy (non-hydrogen) atoms. The third kappa shape index (κ3) is 10.1. The van der Waals surface area contributed by atoms with E-state index in [1.165, 1.54) is 7.11 Å². The topological polar surface area (TPSA) is 115 Å². The fraction of sp³-hybridized carbons (Fsp3) is 0.417. The summed E-state index contributed by atoms with van der Waals surface area (Å²) in [7, 11) is 1.37. The molecule has 0 saturated carbocycles. The average molecular weight is 616 g/mol. The number of unbranched alkanes of at least 4 members (excludes halogenated alkanes) is 1. The summed E-state index contributed by atoms with van der Waals surface area (Å²) >= 11 is 0. The molecule has 240 valence electrons. The quantitative estimate of drug-likeness (QED) is 0.116. The molecule has 9 nitrogen and oxygen atoms in total. The Hall–Kier alpha value is -4.37. The molecule has 3 aromatic carbocycles. The van der Waals surface area contributed by atoms with E-state index in [0.717, 1.165) is 27.8 Å². The molecule has 3 N–H and O–H groups in total. The van der Waals surface area contributed by atoms with Gasteiger partial charge in [-0.15, -0.1) is 0 Å². The van der Waals surface area contributed by atoms with Crippen molar-refractivity contribution >= 4 is 18.2 Å². The van der Waals surface area contributed by atoms with Crippen molar-refractivity contribution in [1.29, 1.82) is 0 Å². The summed E-state index contributed by atoms with van der Waals surface area (Å²) in [5, 5.41) is 9.08. The highest BCUT2D eigenvalue weighted by atomic mass is 16.6. The third-order valence-electron chi connectivity index (χ3n) is 7.69. The highest BCUT2D eigenvalue weighted by Gasteiger charge is 2.29. The zero-order valence-corrected chi connectivity index (χ0v) is 26.6. The van der Waals surface area contributed by atoms with Crippen molar-refractivity contribution in [2.75, 3.05) is 26.8 Å². The second kappa shape index (κ2) is 16.1. The standard InChI is InChI=1S/C36H45N3O6/c1-36(2,3)45-34(41)37-21-13-12-16-26(23-38-32(33(40)43-4)22-25-14-6-5-7-15-25)39-35(42)44-24-31-29-19-10-8-17-27(29)28-18-9-11-20-30(28)31/h5-11,14-15,17-20,26,31-32,38H,12-13,16,21-24H2,1-4H3,(H,37,41)(H,39,42)/t26-,32-/m0/s1. The Morgan fingerprint density at radius 1 is 0.822 bits per heavy atom. The predicted molar refractivity (Wildman–Crippen MR) is 174 cm³/mol. The van der Waals surface area contributed by atoms with Gasteiger partial charge in [-0.3, -0.25) is 4.79 Å². The number of carbonyl (C=O) groups is 3. The van der Waals surface area contributed by atoms with Crippen molar-refractivity contribution in [1.82, 2.24) is 16.0 Å². The number of carbonyl (C=O) groups excluding carboxylic acids is 3. The van der Waals surface area contributed by atoms with Gasteiger partial charge in [0.25, 0.3) is 0 Å². The average Bonchev–Trinajstić information content (AvgIpc) is 3.34. The van der Waals surface area contributed by atoms with Gasteiger partial charge < -0.3 is 30.2 Å². The number of hydrogen-bond acceptors (Lipinski definition) is 7. The Morgan fingerprint density at radius 3 is 2.07 bits per heavy atom. The first-order valence-electron chi connectivity index (χ1n) is 15.6. The Kier molecular flexibility index (Phi) is 12.0. The van der Waals surface area contributed by atoms with Crippen LogP contribution in [0.2, 0.25) is 0 Å². The third-order valence-corrected chi connectivity index (χ3v) is 7.69. The number of rotatable bonds is 14. The second-order valence-electron chi connectivity index (χ2n) is 12.3. The summed E-state index contributed by atoms with van der Waals surface area (Å²) in [6.07, 6.45) is 1.48. The van der Waals surface area contributed by atoms with Crippen LogP contribution < -0.4 is 16.0 Å². The minimum Gasteiger partial charge on any atom is -0.468 e. The van der Waals surface area contributed by atoms with Gasteiger partial charge in [0.1, 0.15) is 18.2 Å². The Morgan fingerprint density at radius 2 is 1.44 bits per heavy atom. The normalized spacial score (nSPS) is 13.6. The second-order valence-corrected chi connectivity index (χ2v) is 12.3. The molecule has 1 aliphatic rings. The maximum absolute atomic E-state index is 13.1. The summed E-state index contributed by atoms with van der Waals surface area (Å²) < 4.78 is 16.2. The molecule has 0 spiro atoms. The summed E-state index contributed by atoms with van der Waals surface area (Å²) in [6.45, 7) is 6.43. The minimum absolute atomic E-state index is 0.0479. The van der Waals surface area contributed by atoms with Gasteiger partial charge in [-0.2, -0.15) is 0 Å². The van der Waals surface area contributed by atoms with Crippen LogP contribution in [0, 0.1) is 0 Å². The van der Waals surface area contributed by atoms with Crippen LogP contribution in [0.5, 0.6) is 0 Å². The van der Waals surface area contributed by atoms with Crippen molar-refractivity contribution in [3.63, 3.8) is 0 Å². The molecular formula is C36H45N3O6. The van der Waals surface area contributed by atoms with Gasteiger partial charge in [-0.25, -0.2) is 9.59 Å². The molecule has 0 aromatic heterocycles. The summed E-state index contributed by atoms with van der Waals surface area (Å²) in [5.41, 5.74) is 5.04. The number of amides is 2. The van der Waals surface area contributed by atoms with Crippen LogP contribution in [0.3, 0.4) is 0 Å². The van der Waals surface area contributed by atoms with Crippen LogP contribution in [0.25, 0.3) is 11.1 Å². The van der Waals surface area contributed by atoms with E-state index in [1.54, 1.807) is 0 Å². The molecular weight excluding hydrogens is 570 g/mol. The van der Waals surface area contributed by atoms with E-state index in [4.69, 9.17) is 14.2 Å². The van der Waals surface area contributed by atoms with Gasteiger partial charge in [0, 0.05) is 25.0 Å². The molecule has 0 heterocycles. The number of hydrogen-bond donors (Lipinski definition) is 3. The minimum atomic E-state index is -0.585. The maximum atomic E-state index is 13.1. The highest BCUT2D eigenvalue weighted by molar-refractivity contribution is 5.79. The molecule has 0 saturated heterocycles. The van der Waals surface area contributed by atoms with Crippen molar-refractivity contribution in [2.24, 2.45) is 0 Å². The molecule has 0 unspecified atom stereocenters. The zero-order valence-electron chi connectivity index (χ0n) is 26.6. The molecule has 0 bridgehead atoms. The van der Waals surface area contributed by atoms with Crippen LogP contribution in [0.1, 0.15) is 62.6 Å². The largest absolute Gasteiger partial charge is 0.468 e. The van der Waals surface area contributed by atoms with Crippen molar-refractivity contribution in [2.45, 2.75) is 70.1 Å². The molecule has 3 aromatic rings. The maximum Gasteiger partial charge on any atom is 0.407 e. The highest BCUT2D eigenvalue weighted by Crippen LogP contribution is 2.44. The number of alkyl carbamates (subject to hydrolysis) is 2. The molecule has 1 aliphatic carbocycles. The van der Waals surface area contributed by atoms with E-state index >= 15 is 0 Å². The lowest BCUT2D eigenvalue weighted by molar-refractivity contribution is -0.143. The lowest BCUT2D eigenvalue weighted by atomic mass is 9.98. The number of nitrogens with one attached hydrogen (secondary N) is 3. The first-order valence-corrected chi connectivity index (χ1v) is 15.6. The van der Waals surface area contributed by atoms with Gasteiger partial charge in [-0.1, -0.05) is 78.9 Å². The van der Waals surface area contributed by atoms with Gasteiger partial charge in [0.2, 0.25) is 0 Å².